The second-order valence-corrected chi connectivity index (χ2v) is 5.37. The molecular formula is C15H24N2. The Morgan fingerprint density at radius 3 is 2.71 bits per heavy atom. The van der Waals surface area contributed by atoms with Gasteiger partial charge in [-0.3, -0.25) is 4.90 Å². The number of rotatable bonds is 3. The molecule has 0 radical (unpaired) electrons. The fraction of sp³-hybridized carbons (Fsp3) is 0.600. The van der Waals surface area contributed by atoms with E-state index in [0.29, 0.717) is 6.04 Å². The van der Waals surface area contributed by atoms with Crippen molar-refractivity contribution in [1.82, 2.24) is 4.90 Å². The van der Waals surface area contributed by atoms with Gasteiger partial charge in [-0.2, -0.15) is 0 Å². The van der Waals surface area contributed by atoms with Crippen molar-refractivity contribution in [2.75, 3.05) is 13.1 Å². The van der Waals surface area contributed by atoms with Crippen LogP contribution in [-0.2, 0) is 0 Å². The van der Waals surface area contributed by atoms with Crippen molar-refractivity contribution in [3.8, 4) is 0 Å². The first-order valence-electron chi connectivity index (χ1n) is 6.73. The molecule has 2 nitrogen and oxygen atoms in total. The Hall–Kier alpha value is -0.860. The van der Waals surface area contributed by atoms with E-state index < -0.39 is 0 Å². The van der Waals surface area contributed by atoms with Gasteiger partial charge in [0.2, 0.25) is 0 Å². The zero-order valence-electron chi connectivity index (χ0n) is 11.0. The molecular weight excluding hydrogens is 208 g/mol. The molecule has 94 valence electrons. The summed E-state index contributed by atoms with van der Waals surface area (Å²) in [7, 11) is 0. The van der Waals surface area contributed by atoms with Crippen LogP contribution in [-0.4, -0.2) is 24.0 Å². The predicted molar refractivity (Wildman–Crippen MR) is 72.8 cm³/mol. The molecule has 2 rings (SSSR count). The average Bonchev–Trinajstić information content (AvgIpc) is 2.36. The lowest BCUT2D eigenvalue weighted by Gasteiger charge is -2.39. The summed E-state index contributed by atoms with van der Waals surface area (Å²) in [5, 5.41) is 0. The zero-order chi connectivity index (χ0) is 12.3. The van der Waals surface area contributed by atoms with Crippen molar-refractivity contribution in [2.24, 2.45) is 11.7 Å². The van der Waals surface area contributed by atoms with E-state index in [0.717, 1.165) is 12.5 Å². The third kappa shape index (κ3) is 3.08. The summed E-state index contributed by atoms with van der Waals surface area (Å²) >= 11 is 0. The summed E-state index contributed by atoms with van der Waals surface area (Å²) in [5.74, 6) is 0.798. The smallest absolute Gasteiger partial charge is 0.0424 e. The number of nitrogens with two attached hydrogens (primary N) is 1. The van der Waals surface area contributed by atoms with E-state index in [2.05, 4.69) is 43.0 Å². The number of likely N-dealkylation sites (tertiary alicyclic amines) is 1. The average molecular weight is 232 g/mol. The molecule has 0 spiro atoms. The molecule has 1 heterocycles. The molecule has 3 atom stereocenters. The number of piperidine rings is 1. The topological polar surface area (TPSA) is 29.3 Å². The molecule has 0 amide bonds. The first kappa shape index (κ1) is 12.6. The molecule has 0 aromatic heterocycles. The maximum absolute atomic E-state index is 6.29. The molecule has 17 heavy (non-hydrogen) atoms. The standard InChI is InChI=1S/C15H24N2/c1-12-7-6-10-17(13(12)2)11-15(16)14-8-4-3-5-9-14/h3-5,8-9,12-13,15H,6-7,10-11,16H2,1-2H3. The highest BCUT2D eigenvalue weighted by Gasteiger charge is 2.25. The molecule has 0 bridgehead atoms. The third-order valence-electron chi connectivity index (χ3n) is 4.16. The molecule has 0 saturated carbocycles. The lowest BCUT2D eigenvalue weighted by molar-refractivity contribution is 0.107. The van der Waals surface area contributed by atoms with Crippen molar-refractivity contribution in [3.05, 3.63) is 35.9 Å². The maximum atomic E-state index is 6.29. The molecule has 1 aliphatic rings. The van der Waals surface area contributed by atoms with Crippen LogP contribution in [0.4, 0.5) is 0 Å². The van der Waals surface area contributed by atoms with Crippen molar-refractivity contribution < 1.29 is 0 Å². The first-order chi connectivity index (χ1) is 8.18. The van der Waals surface area contributed by atoms with Crippen molar-refractivity contribution >= 4 is 0 Å². The van der Waals surface area contributed by atoms with Gasteiger partial charge in [-0.05, 0) is 37.8 Å². The van der Waals surface area contributed by atoms with E-state index in [-0.39, 0.29) is 6.04 Å². The monoisotopic (exact) mass is 232 g/mol. The molecule has 1 aliphatic heterocycles. The SMILES string of the molecule is CC1CCCN(CC(N)c2ccccc2)C1C. The lowest BCUT2D eigenvalue weighted by atomic mass is 9.91. The van der Waals surface area contributed by atoms with Gasteiger partial charge >= 0.3 is 0 Å². The van der Waals surface area contributed by atoms with E-state index in [9.17, 15) is 0 Å². The third-order valence-corrected chi connectivity index (χ3v) is 4.16. The van der Waals surface area contributed by atoms with Gasteiger partial charge in [-0.15, -0.1) is 0 Å². The second kappa shape index (κ2) is 5.65. The highest BCUT2D eigenvalue weighted by molar-refractivity contribution is 5.18. The fourth-order valence-corrected chi connectivity index (χ4v) is 2.74. The van der Waals surface area contributed by atoms with Gasteiger partial charge < -0.3 is 5.73 Å². The molecule has 1 saturated heterocycles. The molecule has 1 aromatic carbocycles. The van der Waals surface area contributed by atoms with E-state index in [4.69, 9.17) is 5.73 Å². The van der Waals surface area contributed by atoms with Crippen LogP contribution < -0.4 is 5.73 Å². The van der Waals surface area contributed by atoms with E-state index in [1.54, 1.807) is 0 Å². The Balaban J connectivity index is 1.96. The normalized spacial score (nSPS) is 27.9. The summed E-state index contributed by atoms with van der Waals surface area (Å²) in [5.41, 5.74) is 7.54. The van der Waals surface area contributed by atoms with E-state index >= 15 is 0 Å². The van der Waals surface area contributed by atoms with Gasteiger partial charge in [0.05, 0.1) is 0 Å². The maximum Gasteiger partial charge on any atom is 0.0424 e. The first-order valence-corrected chi connectivity index (χ1v) is 6.73. The minimum absolute atomic E-state index is 0.143. The van der Waals surface area contributed by atoms with Gasteiger partial charge in [0, 0.05) is 18.6 Å². The van der Waals surface area contributed by atoms with Crippen molar-refractivity contribution in [2.45, 2.75) is 38.8 Å². The Morgan fingerprint density at radius 1 is 1.29 bits per heavy atom. The van der Waals surface area contributed by atoms with Crippen LogP contribution in [0.2, 0.25) is 0 Å². The summed E-state index contributed by atoms with van der Waals surface area (Å²) in [6.45, 7) is 6.87. The van der Waals surface area contributed by atoms with Crippen molar-refractivity contribution in [1.29, 1.82) is 0 Å². The molecule has 1 aromatic rings. The van der Waals surface area contributed by atoms with Gasteiger partial charge in [0.15, 0.2) is 0 Å². The van der Waals surface area contributed by atoms with E-state index in [1.807, 2.05) is 6.07 Å². The highest BCUT2D eigenvalue weighted by Crippen LogP contribution is 2.24. The Morgan fingerprint density at radius 2 is 2.00 bits per heavy atom. The predicted octanol–water partition coefficient (Wildman–Crippen LogP) is 2.81. The lowest BCUT2D eigenvalue weighted by Crippen LogP contribution is -2.45. The summed E-state index contributed by atoms with van der Waals surface area (Å²) in [6, 6.07) is 11.2. The zero-order valence-corrected chi connectivity index (χ0v) is 11.0. The molecule has 2 heteroatoms. The van der Waals surface area contributed by atoms with Crippen molar-refractivity contribution in [3.63, 3.8) is 0 Å². The summed E-state index contributed by atoms with van der Waals surface area (Å²) in [4.78, 5) is 2.55. The number of benzene rings is 1. The van der Waals surface area contributed by atoms with Crippen LogP contribution in [0.15, 0.2) is 30.3 Å². The number of hydrogen-bond acceptors (Lipinski definition) is 2. The van der Waals surface area contributed by atoms with Gasteiger partial charge in [-0.25, -0.2) is 0 Å². The summed E-state index contributed by atoms with van der Waals surface area (Å²) in [6.07, 6.45) is 2.67. The van der Waals surface area contributed by atoms with Gasteiger partial charge in [0.1, 0.15) is 0 Å². The molecule has 1 fully saturated rings. The van der Waals surface area contributed by atoms with Crippen LogP contribution in [0, 0.1) is 5.92 Å². The Kier molecular flexibility index (Phi) is 4.19. The number of nitrogens with zero attached hydrogens (tertiary/aromatic N) is 1. The molecule has 3 unspecified atom stereocenters. The second-order valence-electron chi connectivity index (χ2n) is 5.37. The van der Waals surface area contributed by atoms with Gasteiger partial charge in [-0.1, -0.05) is 37.3 Å². The Bertz CT molecular complexity index is 336. The largest absolute Gasteiger partial charge is 0.323 e. The van der Waals surface area contributed by atoms with E-state index in [1.165, 1.54) is 24.9 Å². The highest BCUT2D eigenvalue weighted by atomic mass is 15.2. The fourth-order valence-electron chi connectivity index (χ4n) is 2.74. The number of hydrogen-bond donors (Lipinski definition) is 1. The van der Waals surface area contributed by atoms with Crippen LogP contribution in [0.5, 0.6) is 0 Å². The molecule has 0 aliphatic carbocycles. The van der Waals surface area contributed by atoms with Crippen LogP contribution in [0.1, 0.15) is 38.3 Å². The van der Waals surface area contributed by atoms with Crippen LogP contribution in [0.25, 0.3) is 0 Å². The minimum atomic E-state index is 0.143. The quantitative estimate of drug-likeness (QED) is 0.868. The van der Waals surface area contributed by atoms with Crippen LogP contribution in [0.3, 0.4) is 0 Å². The summed E-state index contributed by atoms with van der Waals surface area (Å²) < 4.78 is 0. The van der Waals surface area contributed by atoms with Crippen LogP contribution >= 0.6 is 0 Å². The molecule has 2 N–H and O–H groups in total. The van der Waals surface area contributed by atoms with Gasteiger partial charge in [0.25, 0.3) is 0 Å². The Labute approximate surface area is 105 Å². The minimum Gasteiger partial charge on any atom is -0.323 e.